The number of aromatic nitrogens is 1. The van der Waals surface area contributed by atoms with Crippen molar-refractivity contribution in [3.8, 4) is 0 Å². The molecule has 0 atom stereocenters. The molecule has 0 aliphatic carbocycles. The van der Waals surface area contributed by atoms with Crippen molar-refractivity contribution in [1.82, 2.24) is 15.2 Å². The molecule has 0 unspecified atom stereocenters. The summed E-state index contributed by atoms with van der Waals surface area (Å²) in [6.07, 6.45) is 4.74. The maximum atomic E-state index is 4.86. The van der Waals surface area contributed by atoms with Gasteiger partial charge in [0.15, 0.2) is 5.96 Å². The average molecular weight is 358 g/mol. The molecule has 2 aromatic heterocycles. The number of rotatable bonds is 5. The van der Waals surface area contributed by atoms with E-state index in [0.717, 1.165) is 51.6 Å². The Morgan fingerprint density at radius 1 is 1.28 bits per heavy atom. The molecular weight excluding hydrogens is 330 g/mol. The molecule has 1 aliphatic heterocycles. The van der Waals surface area contributed by atoms with E-state index in [1.807, 2.05) is 23.7 Å². The first-order valence-electron chi connectivity index (χ1n) is 8.99. The second-order valence-corrected chi connectivity index (χ2v) is 7.14. The zero-order valence-electron chi connectivity index (χ0n) is 15.1. The van der Waals surface area contributed by atoms with Gasteiger partial charge >= 0.3 is 0 Å². The molecule has 25 heavy (non-hydrogen) atoms. The minimum absolute atomic E-state index is 0.804. The highest BCUT2D eigenvalue weighted by Crippen LogP contribution is 2.22. The second kappa shape index (κ2) is 8.85. The van der Waals surface area contributed by atoms with Crippen molar-refractivity contribution in [3.05, 3.63) is 47.1 Å². The molecule has 1 aliphatic rings. The summed E-state index contributed by atoms with van der Waals surface area (Å²) in [6.45, 7) is 10.1. The van der Waals surface area contributed by atoms with Gasteiger partial charge in [-0.3, -0.25) is 9.98 Å². The van der Waals surface area contributed by atoms with Crippen molar-refractivity contribution in [2.75, 3.05) is 44.2 Å². The SMILES string of the molecule is CCNC(=NCCc1ccncc1C)N1CCN(c2cccs2)CC1. The van der Waals surface area contributed by atoms with Gasteiger partial charge in [-0.15, -0.1) is 11.3 Å². The number of hydrogen-bond acceptors (Lipinski definition) is 4. The Morgan fingerprint density at radius 2 is 2.12 bits per heavy atom. The van der Waals surface area contributed by atoms with Gasteiger partial charge in [-0.05, 0) is 55.0 Å². The Balaban J connectivity index is 1.56. The molecule has 3 rings (SSSR count). The van der Waals surface area contributed by atoms with Gasteiger partial charge < -0.3 is 15.1 Å². The molecule has 5 nitrogen and oxygen atoms in total. The normalized spacial score (nSPS) is 15.5. The summed E-state index contributed by atoms with van der Waals surface area (Å²) in [5, 5.41) is 6.97. The highest BCUT2D eigenvalue weighted by molar-refractivity contribution is 7.14. The van der Waals surface area contributed by atoms with Crippen LogP contribution in [0.3, 0.4) is 0 Å². The molecule has 134 valence electrons. The van der Waals surface area contributed by atoms with Crippen LogP contribution in [0.25, 0.3) is 0 Å². The number of piperazine rings is 1. The average Bonchev–Trinajstić information content (AvgIpc) is 3.17. The molecule has 1 saturated heterocycles. The van der Waals surface area contributed by atoms with Crippen LogP contribution in [0.4, 0.5) is 5.00 Å². The zero-order valence-corrected chi connectivity index (χ0v) is 15.9. The Kier molecular flexibility index (Phi) is 6.28. The lowest BCUT2D eigenvalue weighted by molar-refractivity contribution is 0.373. The molecule has 0 amide bonds. The number of nitrogens with zero attached hydrogens (tertiary/aromatic N) is 4. The summed E-state index contributed by atoms with van der Waals surface area (Å²) >= 11 is 1.82. The number of thiophene rings is 1. The van der Waals surface area contributed by atoms with Crippen molar-refractivity contribution in [1.29, 1.82) is 0 Å². The lowest BCUT2D eigenvalue weighted by Gasteiger charge is -2.37. The maximum absolute atomic E-state index is 4.86. The first-order chi connectivity index (χ1) is 12.3. The van der Waals surface area contributed by atoms with Crippen LogP contribution in [0, 0.1) is 6.92 Å². The highest BCUT2D eigenvalue weighted by atomic mass is 32.1. The molecule has 2 aromatic rings. The summed E-state index contributed by atoms with van der Waals surface area (Å²) in [5.41, 5.74) is 2.57. The van der Waals surface area contributed by atoms with E-state index in [9.17, 15) is 0 Å². The first kappa shape index (κ1) is 17.7. The van der Waals surface area contributed by atoms with Gasteiger partial charge in [0.25, 0.3) is 0 Å². The van der Waals surface area contributed by atoms with Gasteiger partial charge in [0.1, 0.15) is 0 Å². The van der Waals surface area contributed by atoms with Crippen molar-refractivity contribution < 1.29 is 0 Å². The third-order valence-electron chi connectivity index (χ3n) is 4.51. The molecule has 0 bridgehead atoms. The smallest absolute Gasteiger partial charge is 0.194 e. The van der Waals surface area contributed by atoms with E-state index in [4.69, 9.17) is 4.99 Å². The topological polar surface area (TPSA) is 43.8 Å². The fourth-order valence-corrected chi connectivity index (χ4v) is 3.86. The minimum atomic E-state index is 0.804. The van der Waals surface area contributed by atoms with Crippen LogP contribution >= 0.6 is 11.3 Å². The van der Waals surface area contributed by atoms with E-state index in [1.165, 1.54) is 16.1 Å². The van der Waals surface area contributed by atoms with E-state index in [2.05, 4.69) is 57.5 Å². The van der Waals surface area contributed by atoms with E-state index in [0.29, 0.717) is 0 Å². The number of aryl methyl sites for hydroxylation is 1. The Hall–Kier alpha value is -2.08. The predicted molar refractivity (Wildman–Crippen MR) is 107 cm³/mol. The summed E-state index contributed by atoms with van der Waals surface area (Å²) in [4.78, 5) is 13.9. The molecule has 0 saturated carbocycles. The first-order valence-corrected chi connectivity index (χ1v) is 9.87. The molecule has 3 heterocycles. The van der Waals surface area contributed by atoms with Gasteiger partial charge in [-0.2, -0.15) is 0 Å². The fourth-order valence-electron chi connectivity index (χ4n) is 3.08. The molecule has 1 fully saturated rings. The monoisotopic (exact) mass is 357 g/mol. The van der Waals surface area contributed by atoms with Gasteiger partial charge in [0.2, 0.25) is 0 Å². The lowest BCUT2D eigenvalue weighted by atomic mass is 10.1. The molecule has 0 radical (unpaired) electrons. The van der Waals surface area contributed by atoms with Gasteiger partial charge in [-0.1, -0.05) is 0 Å². The number of guanidine groups is 1. The third-order valence-corrected chi connectivity index (χ3v) is 5.44. The second-order valence-electron chi connectivity index (χ2n) is 6.21. The highest BCUT2D eigenvalue weighted by Gasteiger charge is 2.20. The molecule has 0 aromatic carbocycles. The standard InChI is InChI=1S/C19H27N5S/c1-3-21-19(22-9-7-17-6-8-20-15-16(17)2)24-12-10-23(11-13-24)18-5-4-14-25-18/h4-6,8,14-15H,3,7,9-13H2,1-2H3,(H,21,22). The largest absolute Gasteiger partial charge is 0.360 e. The Bertz CT molecular complexity index is 675. The van der Waals surface area contributed by atoms with Gasteiger partial charge in [-0.25, -0.2) is 0 Å². The summed E-state index contributed by atoms with van der Waals surface area (Å²) in [5.74, 6) is 1.04. The van der Waals surface area contributed by atoms with E-state index in [-0.39, 0.29) is 0 Å². The predicted octanol–water partition coefficient (Wildman–Crippen LogP) is 2.78. The Labute approximate surface area is 154 Å². The Morgan fingerprint density at radius 3 is 2.80 bits per heavy atom. The number of aliphatic imine (C=N–C) groups is 1. The number of pyridine rings is 1. The molecule has 0 spiro atoms. The van der Waals surface area contributed by atoms with Crippen molar-refractivity contribution in [2.45, 2.75) is 20.3 Å². The molecule has 6 heteroatoms. The number of nitrogens with one attached hydrogen (secondary N) is 1. The minimum Gasteiger partial charge on any atom is -0.360 e. The van der Waals surface area contributed by atoms with Crippen molar-refractivity contribution in [2.24, 2.45) is 4.99 Å². The van der Waals surface area contributed by atoms with Crippen LogP contribution in [0.2, 0.25) is 0 Å². The quantitative estimate of drug-likeness (QED) is 0.660. The van der Waals surface area contributed by atoms with Crippen LogP contribution in [0.15, 0.2) is 41.0 Å². The van der Waals surface area contributed by atoms with Crippen LogP contribution in [0.5, 0.6) is 0 Å². The van der Waals surface area contributed by atoms with Crippen molar-refractivity contribution >= 4 is 22.3 Å². The number of hydrogen-bond donors (Lipinski definition) is 1. The summed E-state index contributed by atoms with van der Waals surface area (Å²) < 4.78 is 0. The van der Waals surface area contributed by atoms with Gasteiger partial charge in [0.05, 0.1) is 5.00 Å². The van der Waals surface area contributed by atoms with Crippen LogP contribution < -0.4 is 10.2 Å². The summed E-state index contributed by atoms with van der Waals surface area (Å²) in [7, 11) is 0. The third kappa shape index (κ3) is 4.72. The van der Waals surface area contributed by atoms with Crippen LogP contribution in [-0.4, -0.2) is 55.1 Å². The molecule has 1 N–H and O–H groups in total. The summed E-state index contributed by atoms with van der Waals surface area (Å²) in [6, 6.07) is 6.42. The van der Waals surface area contributed by atoms with Gasteiger partial charge in [0, 0.05) is 51.7 Å². The number of anilines is 1. The van der Waals surface area contributed by atoms with Crippen LogP contribution in [0.1, 0.15) is 18.1 Å². The lowest BCUT2D eigenvalue weighted by Crippen LogP contribution is -2.52. The van der Waals surface area contributed by atoms with Crippen molar-refractivity contribution in [3.63, 3.8) is 0 Å². The zero-order chi connectivity index (χ0) is 17.5. The molecular formula is C19H27N5S. The van der Waals surface area contributed by atoms with E-state index in [1.54, 1.807) is 0 Å². The fraction of sp³-hybridized carbons (Fsp3) is 0.474. The van der Waals surface area contributed by atoms with E-state index < -0.39 is 0 Å². The van der Waals surface area contributed by atoms with Crippen LogP contribution in [-0.2, 0) is 6.42 Å². The maximum Gasteiger partial charge on any atom is 0.194 e. The van der Waals surface area contributed by atoms with E-state index >= 15 is 0 Å².